The van der Waals surface area contributed by atoms with Gasteiger partial charge in [-0.05, 0) is 68.0 Å². The Kier molecular flexibility index (Phi) is 5.10. The molecule has 4 heteroatoms. The molecule has 0 aromatic heterocycles. The maximum Gasteiger partial charge on any atom is 0.198 e. The summed E-state index contributed by atoms with van der Waals surface area (Å²) in [4.78, 5) is 0. The summed E-state index contributed by atoms with van der Waals surface area (Å²) in [5, 5.41) is 7.63. The number of halogens is 1. The minimum Gasteiger partial charge on any atom is -0.466 e. The molecule has 1 atom stereocenters. The average Bonchev–Trinajstić information content (AvgIpc) is 3.29. The van der Waals surface area contributed by atoms with Crippen molar-refractivity contribution in [1.82, 2.24) is 5.01 Å². The van der Waals surface area contributed by atoms with Crippen LogP contribution in [0.1, 0.15) is 71.9 Å². The molecule has 6 rings (SSSR count). The van der Waals surface area contributed by atoms with E-state index in [2.05, 4.69) is 102 Å². The van der Waals surface area contributed by atoms with Gasteiger partial charge in [0.1, 0.15) is 5.75 Å². The first-order chi connectivity index (χ1) is 16.0. The van der Waals surface area contributed by atoms with Crippen LogP contribution in [0.3, 0.4) is 0 Å². The molecule has 1 fully saturated rings. The van der Waals surface area contributed by atoms with Crippen molar-refractivity contribution in [3.8, 4) is 5.75 Å². The Balaban J connectivity index is 1.38. The van der Waals surface area contributed by atoms with Gasteiger partial charge < -0.3 is 4.74 Å². The van der Waals surface area contributed by atoms with Crippen LogP contribution in [0.4, 0.5) is 0 Å². The van der Waals surface area contributed by atoms with E-state index in [0.29, 0.717) is 5.92 Å². The number of hydrogen-bond acceptors (Lipinski definition) is 3. The number of nitrogens with zero attached hydrogens (tertiary/aromatic N) is 2. The molecule has 2 aliphatic heterocycles. The number of hydrogen-bond donors (Lipinski definition) is 0. The molecule has 0 bridgehead atoms. The topological polar surface area (TPSA) is 24.8 Å². The lowest BCUT2D eigenvalue weighted by Crippen LogP contribution is -2.55. The minimum absolute atomic E-state index is 0.217. The van der Waals surface area contributed by atoms with E-state index >= 15 is 0 Å². The van der Waals surface area contributed by atoms with E-state index in [-0.39, 0.29) is 11.8 Å². The molecule has 3 aliphatic rings. The van der Waals surface area contributed by atoms with Crippen LogP contribution >= 0.6 is 15.9 Å². The van der Waals surface area contributed by atoms with Crippen LogP contribution in [-0.4, -0.2) is 16.4 Å². The van der Waals surface area contributed by atoms with Gasteiger partial charge in [-0.15, -0.1) is 0 Å². The second-order valence-electron chi connectivity index (χ2n) is 9.84. The lowest BCUT2D eigenvalue weighted by Gasteiger charge is -2.50. The summed E-state index contributed by atoms with van der Waals surface area (Å²) in [5.74, 6) is 1.62. The zero-order chi connectivity index (χ0) is 22.6. The molecule has 168 valence electrons. The van der Waals surface area contributed by atoms with Gasteiger partial charge in [0.15, 0.2) is 5.72 Å². The van der Waals surface area contributed by atoms with Gasteiger partial charge in [0.05, 0.1) is 11.8 Å². The van der Waals surface area contributed by atoms with Gasteiger partial charge in [0, 0.05) is 34.9 Å². The molecule has 0 N–H and O–H groups in total. The van der Waals surface area contributed by atoms with Crippen molar-refractivity contribution in [2.45, 2.75) is 63.6 Å². The molecule has 3 nitrogen and oxygen atoms in total. The van der Waals surface area contributed by atoms with Gasteiger partial charge >= 0.3 is 0 Å². The van der Waals surface area contributed by atoms with Crippen molar-refractivity contribution in [3.63, 3.8) is 0 Å². The Bertz CT molecular complexity index is 1230. The van der Waals surface area contributed by atoms with Crippen molar-refractivity contribution in [2.24, 2.45) is 5.10 Å². The van der Waals surface area contributed by atoms with Gasteiger partial charge in [-0.3, -0.25) is 0 Å². The van der Waals surface area contributed by atoms with Crippen LogP contribution in [0.15, 0.2) is 76.3 Å². The maximum atomic E-state index is 6.85. The highest BCUT2D eigenvalue weighted by Gasteiger charge is 2.52. The molecular weight excluding hydrogens is 472 g/mol. The summed E-state index contributed by atoms with van der Waals surface area (Å²) < 4.78 is 7.94. The first-order valence-corrected chi connectivity index (χ1v) is 12.8. The Labute approximate surface area is 204 Å². The molecule has 0 saturated heterocycles. The molecule has 1 saturated carbocycles. The van der Waals surface area contributed by atoms with Crippen LogP contribution in [0, 0.1) is 13.8 Å². The van der Waals surface area contributed by atoms with E-state index in [9.17, 15) is 0 Å². The molecular formula is C29H29BrN2O. The van der Waals surface area contributed by atoms with E-state index in [1.807, 2.05) is 0 Å². The number of rotatable bonds is 2. The number of aryl methyl sites for hydroxylation is 2. The van der Waals surface area contributed by atoms with Crippen LogP contribution in [-0.2, 0) is 0 Å². The number of benzene rings is 3. The zero-order valence-electron chi connectivity index (χ0n) is 19.2. The zero-order valence-corrected chi connectivity index (χ0v) is 20.8. The second kappa shape index (κ2) is 8.02. The maximum absolute atomic E-state index is 6.85. The third-order valence-electron chi connectivity index (χ3n) is 7.70. The van der Waals surface area contributed by atoms with Crippen LogP contribution < -0.4 is 4.74 Å². The lowest BCUT2D eigenvalue weighted by molar-refractivity contribution is -0.142. The summed E-state index contributed by atoms with van der Waals surface area (Å²) in [7, 11) is 0. The van der Waals surface area contributed by atoms with Gasteiger partial charge in [0.2, 0.25) is 0 Å². The second-order valence-corrected chi connectivity index (χ2v) is 10.8. The summed E-state index contributed by atoms with van der Waals surface area (Å²) in [5.41, 5.74) is 7.35. The highest BCUT2D eigenvalue weighted by molar-refractivity contribution is 9.10. The first kappa shape index (κ1) is 21.0. The predicted octanol–water partition coefficient (Wildman–Crippen LogP) is 7.66. The quantitative estimate of drug-likeness (QED) is 0.360. The van der Waals surface area contributed by atoms with Crippen molar-refractivity contribution < 1.29 is 4.74 Å². The molecule has 0 amide bonds. The molecule has 2 heterocycles. The highest BCUT2D eigenvalue weighted by atomic mass is 79.9. The van der Waals surface area contributed by atoms with E-state index < -0.39 is 0 Å². The fraction of sp³-hybridized carbons (Fsp3) is 0.345. The van der Waals surface area contributed by atoms with Crippen molar-refractivity contribution in [3.05, 3.63) is 99.0 Å². The number of hydrazone groups is 1. The third-order valence-corrected chi connectivity index (χ3v) is 8.19. The third kappa shape index (κ3) is 3.59. The lowest BCUT2D eigenvalue weighted by atomic mass is 9.78. The fourth-order valence-electron chi connectivity index (χ4n) is 5.92. The summed E-state index contributed by atoms with van der Waals surface area (Å²) in [6.07, 6.45) is 5.13. The molecule has 3 aromatic carbocycles. The Hall–Kier alpha value is -2.59. The monoisotopic (exact) mass is 500 g/mol. The largest absolute Gasteiger partial charge is 0.466 e. The average molecular weight is 501 g/mol. The first-order valence-electron chi connectivity index (χ1n) is 12.0. The molecule has 0 radical (unpaired) electrons. The van der Waals surface area contributed by atoms with Crippen LogP contribution in [0.2, 0.25) is 0 Å². The predicted molar refractivity (Wildman–Crippen MR) is 137 cm³/mol. The normalized spacial score (nSPS) is 25.9. The Morgan fingerprint density at radius 3 is 2.55 bits per heavy atom. The van der Waals surface area contributed by atoms with Crippen LogP contribution in [0.25, 0.3) is 0 Å². The highest BCUT2D eigenvalue weighted by Crippen LogP contribution is 2.53. The van der Waals surface area contributed by atoms with E-state index in [4.69, 9.17) is 9.84 Å². The number of fused-ring (bicyclic) bond motifs is 4. The summed E-state index contributed by atoms with van der Waals surface area (Å²) in [6, 6.07) is 24.3. The van der Waals surface area contributed by atoms with Gasteiger partial charge in [-0.1, -0.05) is 64.0 Å². The standard InChI is InChI=1S/C29H29BrN2O/c1-19-8-9-20(2)24(16-19)26-18-27-25-17-23(30)10-11-28(25)33-29(32(27)31-26)14-12-22(13-15-29)21-6-4-3-5-7-21/h3-11,16-17,22,27H,12-15,18H2,1-2H3/t22?,27-,29?/m1/s1. The van der Waals surface area contributed by atoms with Gasteiger partial charge in [-0.2, -0.15) is 5.10 Å². The Morgan fingerprint density at radius 2 is 1.76 bits per heavy atom. The molecule has 1 spiro atoms. The Morgan fingerprint density at radius 1 is 0.970 bits per heavy atom. The molecule has 1 aliphatic carbocycles. The minimum atomic E-state index is -0.365. The summed E-state index contributed by atoms with van der Waals surface area (Å²) >= 11 is 3.68. The van der Waals surface area contributed by atoms with Gasteiger partial charge in [-0.25, -0.2) is 5.01 Å². The SMILES string of the molecule is Cc1ccc(C)c(C2=NN3[C@H](C2)c2cc(Br)ccc2OC32CCC(c3ccccc3)CC2)c1. The van der Waals surface area contributed by atoms with Crippen LogP contribution in [0.5, 0.6) is 5.75 Å². The van der Waals surface area contributed by atoms with Crippen molar-refractivity contribution in [1.29, 1.82) is 0 Å². The van der Waals surface area contributed by atoms with E-state index in [1.165, 1.54) is 33.5 Å². The van der Waals surface area contributed by atoms with Crippen molar-refractivity contribution in [2.75, 3.05) is 0 Å². The van der Waals surface area contributed by atoms with E-state index in [0.717, 1.165) is 42.3 Å². The van der Waals surface area contributed by atoms with E-state index in [1.54, 1.807) is 0 Å². The van der Waals surface area contributed by atoms with Gasteiger partial charge in [0.25, 0.3) is 0 Å². The molecule has 33 heavy (non-hydrogen) atoms. The number of ether oxygens (including phenoxy) is 1. The summed E-state index contributed by atoms with van der Waals surface area (Å²) in [6.45, 7) is 4.35. The van der Waals surface area contributed by atoms with Crippen molar-refractivity contribution >= 4 is 21.6 Å². The molecule has 0 unspecified atom stereocenters. The molecule has 3 aromatic rings. The smallest absolute Gasteiger partial charge is 0.198 e. The fourth-order valence-corrected chi connectivity index (χ4v) is 6.30.